The highest BCUT2D eigenvalue weighted by Gasteiger charge is 2.29. The summed E-state index contributed by atoms with van der Waals surface area (Å²) < 4.78 is 5.00. The van der Waals surface area contributed by atoms with Crippen LogP contribution in [0.4, 0.5) is 0 Å². The van der Waals surface area contributed by atoms with Crippen LogP contribution in [0, 0.1) is 5.41 Å². The molecule has 88 valence electrons. The molecule has 16 heavy (non-hydrogen) atoms. The van der Waals surface area contributed by atoms with E-state index in [0.29, 0.717) is 18.4 Å². The first-order valence-corrected chi connectivity index (χ1v) is 5.02. The topological polar surface area (TPSA) is 43.4 Å². The van der Waals surface area contributed by atoms with Gasteiger partial charge in [-0.05, 0) is 19.8 Å². The molecular weight excluding hydrogens is 204 g/mol. The number of ether oxygens (including phenoxy) is 1. The van der Waals surface area contributed by atoms with E-state index in [-0.39, 0.29) is 6.61 Å². The van der Waals surface area contributed by atoms with Crippen molar-refractivity contribution in [2.45, 2.75) is 19.8 Å². The highest BCUT2D eigenvalue weighted by molar-refractivity contribution is 5.87. The molecule has 0 aliphatic carbocycles. The fraction of sp³-hybridized carbons (Fsp3) is 0.385. The Balaban J connectivity index is 4.58. The molecule has 0 N–H and O–H groups in total. The number of carbonyl (C=O) groups is 2. The molecule has 0 saturated carbocycles. The molecule has 0 aromatic heterocycles. The molecule has 0 bridgehead atoms. The fourth-order valence-corrected chi connectivity index (χ4v) is 1.24. The third-order valence-electron chi connectivity index (χ3n) is 2.19. The SMILES string of the molecule is C=CCC(C=O)(CC=C)COC(=O)C(=C)C. The lowest BCUT2D eigenvalue weighted by Gasteiger charge is -2.24. The van der Waals surface area contributed by atoms with Gasteiger partial charge in [-0.15, -0.1) is 13.2 Å². The van der Waals surface area contributed by atoms with Crippen LogP contribution in [0.15, 0.2) is 37.5 Å². The summed E-state index contributed by atoms with van der Waals surface area (Å²) in [6.07, 6.45) is 4.96. The van der Waals surface area contributed by atoms with E-state index in [2.05, 4.69) is 19.7 Å². The normalized spacial score (nSPS) is 10.3. The van der Waals surface area contributed by atoms with E-state index in [4.69, 9.17) is 4.74 Å². The van der Waals surface area contributed by atoms with Gasteiger partial charge in [0.25, 0.3) is 0 Å². The Labute approximate surface area is 96.5 Å². The van der Waals surface area contributed by atoms with E-state index in [1.807, 2.05) is 0 Å². The zero-order chi connectivity index (χ0) is 12.6. The second-order valence-corrected chi connectivity index (χ2v) is 3.82. The largest absolute Gasteiger partial charge is 0.461 e. The average Bonchev–Trinajstić information content (AvgIpc) is 2.25. The minimum Gasteiger partial charge on any atom is -0.461 e. The number of esters is 1. The van der Waals surface area contributed by atoms with Gasteiger partial charge in [-0.3, -0.25) is 0 Å². The molecule has 0 amide bonds. The minimum atomic E-state index is -0.741. The van der Waals surface area contributed by atoms with Crippen LogP contribution >= 0.6 is 0 Å². The Morgan fingerprint density at radius 2 is 1.81 bits per heavy atom. The molecule has 3 heteroatoms. The van der Waals surface area contributed by atoms with Gasteiger partial charge in [-0.1, -0.05) is 18.7 Å². The maximum absolute atomic E-state index is 11.2. The van der Waals surface area contributed by atoms with Crippen LogP contribution in [0.3, 0.4) is 0 Å². The lowest BCUT2D eigenvalue weighted by molar-refractivity contribution is -0.143. The molecule has 0 radical (unpaired) electrons. The fourth-order valence-electron chi connectivity index (χ4n) is 1.24. The number of hydrogen-bond donors (Lipinski definition) is 0. The standard InChI is InChI=1S/C13H18O3/c1-5-7-13(9-14,8-6-2)10-16-12(15)11(3)4/h5-6,9H,1-3,7-8,10H2,4H3. The van der Waals surface area contributed by atoms with Crippen LogP contribution in [0.1, 0.15) is 19.8 Å². The number of aldehydes is 1. The summed E-state index contributed by atoms with van der Waals surface area (Å²) in [7, 11) is 0. The molecule has 0 heterocycles. The van der Waals surface area contributed by atoms with Crippen molar-refractivity contribution in [3.63, 3.8) is 0 Å². The first-order chi connectivity index (χ1) is 7.51. The highest BCUT2D eigenvalue weighted by Crippen LogP contribution is 2.25. The molecule has 0 saturated heterocycles. The van der Waals surface area contributed by atoms with E-state index >= 15 is 0 Å². The van der Waals surface area contributed by atoms with Gasteiger partial charge in [-0.25, -0.2) is 4.79 Å². The van der Waals surface area contributed by atoms with Gasteiger partial charge in [0.15, 0.2) is 0 Å². The summed E-state index contributed by atoms with van der Waals surface area (Å²) in [6, 6.07) is 0. The summed E-state index contributed by atoms with van der Waals surface area (Å²) in [5.41, 5.74) is -0.425. The van der Waals surface area contributed by atoms with Crippen molar-refractivity contribution < 1.29 is 14.3 Å². The third kappa shape index (κ3) is 4.26. The molecule has 0 atom stereocenters. The van der Waals surface area contributed by atoms with Crippen LogP contribution in [0.2, 0.25) is 0 Å². The molecule has 0 aromatic rings. The Bertz CT molecular complexity index is 292. The van der Waals surface area contributed by atoms with Crippen LogP contribution in [0.5, 0.6) is 0 Å². The van der Waals surface area contributed by atoms with Crippen molar-refractivity contribution in [1.82, 2.24) is 0 Å². The molecule has 3 nitrogen and oxygen atoms in total. The Hall–Kier alpha value is -1.64. The van der Waals surface area contributed by atoms with Crippen molar-refractivity contribution in [2.75, 3.05) is 6.61 Å². The first kappa shape index (κ1) is 14.4. The summed E-state index contributed by atoms with van der Waals surface area (Å²) >= 11 is 0. The zero-order valence-corrected chi connectivity index (χ0v) is 9.70. The summed E-state index contributed by atoms with van der Waals surface area (Å²) in [6.45, 7) is 12.2. The van der Waals surface area contributed by atoms with Crippen LogP contribution in [0.25, 0.3) is 0 Å². The number of hydrogen-bond acceptors (Lipinski definition) is 3. The Morgan fingerprint density at radius 1 is 1.31 bits per heavy atom. The Morgan fingerprint density at radius 3 is 2.12 bits per heavy atom. The van der Waals surface area contributed by atoms with Crippen LogP contribution in [-0.2, 0) is 14.3 Å². The minimum absolute atomic E-state index is 0.0280. The molecule has 0 unspecified atom stereocenters. The quantitative estimate of drug-likeness (QED) is 0.274. The molecule has 0 rings (SSSR count). The second-order valence-electron chi connectivity index (χ2n) is 3.82. The lowest BCUT2D eigenvalue weighted by Crippen LogP contribution is -2.29. The van der Waals surface area contributed by atoms with Crippen molar-refractivity contribution in [1.29, 1.82) is 0 Å². The smallest absolute Gasteiger partial charge is 0.333 e. The van der Waals surface area contributed by atoms with Crippen LogP contribution in [-0.4, -0.2) is 18.9 Å². The number of carbonyl (C=O) groups excluding carboxylic acids is 2. The number of rotatable bonds is 8. The second kappa shape index (κ2) is 6.77. The van der Waals surface area contributed by atoms with E-state index in [1.54, 1.807) is 19.1 Å². The van der Waals surface area contributed by atoms with E-state index < -0.39 is 11.4 Å². The first-order valence-electron chi connectivity index (χ1n) is 5.02. The van der Waals surface area contributed by atoms with Gasteiger partial charge in [-0.2, -0.15) is 0 Å². The summed E-state index contributed by atoms with van der Waals surface area (Å²) in [5, 5.41) is 0. The lowest BCUT2D eigenvalue weighted by atomic mass is 9.83. The van der Waals surface area contributed by atoms with E-state index in [1.165, 1.54) is 0 Å². The summed E-state index contributed by atoms with van der Waals surface area (Å²) in [4.78, 5) is 22.3. The van der Waals surface area contributed by atoms with Gasteiger partial charge >= 0.3 is 5.97 Å². The average molecular weight is 222 g/mol. The zero-order valence-electron chi connectivity index (χ0n) is 9.70. The van der Waals surface area contributed by atoms with Crippen molar-refractivity contribution >= 4 is 12.3 Å². The predicted molar refractivity (Wildman–Crippen MR) is 63.9 cm³/mol. The number of allylic oxidation sites excluding steroid dienone is 2. The molecule has 0 aliphatic rings. The van der Waals surface area contributed by atoms with Gasteiger partial charge in [0.1, 0.15) is 12.9 Å². The monoisotopic (exact) mass is 222 g/mol. The van der Waals surface area contributed by atoms with Gasteiger partial charge in [0.2, 0.25) is 0 Å². The van der Waals surface area contributed by atoms with Gasteiger partial charge in [0, 0.05) is 5.57 Å². The van der Waals surface area contributed by atoms with Crippen LogP contribution < -0.4 is 0 Å². The maximum atomic E-state index is 11.2. The molecule has 0 spiro atoms. The van der Waals surface area contributed by atoms with Crippen molar-refractivity contribution in [2.24, 2.45) is 5.41 Å². The maximum Gasteiger partial charge on any atom is 0.333 e. The highest BCUT2D eigenvalue weighted by atomic mass is 16.5. The molecule has 0 aromatic carbocycles. The van der Waals surface area contributed by atoms with E-state index in [9.17, 15) is 9.59 Å². The van der Waals surface area contributed by atoms with Crippen molar-refractivity contribution in [3.05, 3.63) is 37.5 Å². The van der Waals surface area contributed by atoms with E-state index in [0.717, 1.165) is 6.29 Å². The van der Waals surface area contributed by atoms with Crippen molar-refractivity contribution in [3.8, 4) is 0 Å². The van der Waals surface area contributed by atoms with Gasteiger partial charge < -0.3 is 9.53 Å². The molecular formula is C13H18O3. The Kier molecular flexibility index (Phi) is 6.08. The van der Waals surface area contributed by atoms with Gasteiger partial charge in [0.05, 0.1) is 5.41 Å². The summed E-state index contributed by atoms with van der Waals surface area (Å²) in [5.74, 6) is -0.487. The molecule has 0 aliphatic heterocycles. The molecule has 0 fully saturated rings. The predicted octanol–water partition coefficient (Wildman–Crippen LogP) is 2.44. The third-order valence-corrected chi connectivity index (χ3v) is 2.19.